The number of ether oxygens (including phenoxy) is 1. The highest BCUT2D eigenvalue weighted by molar-refractivity contribution is 6.23. The smallest absolute Gasteiger partial charge is 0.227 e. The number of nitrogens with zero attached hydrogens (tertiary/aromatic N) is 1. The number of alkyl halides is 1. The van der Waals surface area contributed by atoms with Crippen LogP contribution in [0.5, 0.6) is 0 Å². The lowest BCUT2D eigenvalue weighted by Gasteiger charge is -2.30. The maximum Gasteiger partial charge on any atom is 0.227 e. The number of morpholine rings is 1. The molecule has 1 aliphatic heterocycles. The second kappa shape index (κ2) is 5.37. The number of carbonyl (C=O) groups excluding carboxylic acids is 1. The summed E-state index contributed by atoms with van der Waals surface area (Å²) in [7, 11) is 0. The molecule has 0 bridgehead atoms. The molecule has 80 valence electrons. The third-order valence-electron chi connectivity index (χ3n) is 2.42. The summed E-state index contributed by atoms with van der Waals surface area (Å²) in [5.74, 6) is -0.111. The fourth-order valence-corrected chi connectivity index (χ4v) is 1.52. The van der Waals surface area contributed by atoms with E-state index in [2.05, 4.69) is 6.58 Å². The van der Waals surface area contributed by atoms with E-state index in [1.54, 1.807) is 11.0 Å². The lowest BCUT2D eigenvalue weighted by molar-refractivity contribution is -0.138. The van der Waals surface area contributed by atoms with E-state index in [4.69, 9.17) is 16.3 Å². The normalized spacial score (nSPS) is 21.4. The quantitative estimate of drug-likeness (QED) is 0.527. The molecular weight excluding hydrogens is 202 g/mol. The molecule has 1 aliphatic rings. The zero-order valence-electron chi connectivity index (χ0n) is 8.41. The molecule has 1 saturated heterocycles. The number of carbonyl (C=O) groups is 1. The van der Waals surface area contributed by atoms with Crippen LogP contribution in [-0.4, -0.2) is 42.5 Å². The van der Waals surface area contributed by atoms with Crippen LogP contribution in [0, 0.1) is 5.92 Å². The standard InChI is InChI=1S/C10H16ClNO2/c1-3-9(11)8(2)10(13)12-4-6-14-7-5-12/h3,8-9H,1,4-7H2,2H3/t8-,9+/m0/s1. The highest BCUT2D eigenvalue weighted by atomic mass is 35.5. The van der Waals surface area contributed by atoms with Crippen molar-refractivity contribution in [3.8, 4) is 0 Å². The average molecular weight is 218 g/mol. The molecule has 1 amide bonds. The van der Waals surface area contributed by atoms with Crippen LogP contribution in [0.25, 0.3) is 0 Å². The first-order valence-corrected chi connectivity index (χ1v) is 5.23. The zero-order chi connectivity index (χ0) is 10.6. The van der Waals surface area contributed by atoms with Crippen molar-refractivity contribution in [1.82, 2.24) is 4.90 Å². The second-order valence-electron chi connectivity index (χ2n) is 3.41. The molecule has 0 radical (unpaired) electrons. The zero-order valence-corrected chi connectivity index (χ0v) is 9.17. The molecule has 0 unspecified atom stereocenters. The third kappa shape index (κ3) is 2.72. The summed E-state index contributed by atoms with van der Waals surface area (Å²) >= 11 is 5.93. The van der Waals surface area contributed by atoms with Crippen LogP contribution in [0.4, 0.5) is 0 Å². The van der Waals surface area contributed by atoms with Gasteiger partial charge in [-0.25, -0.2) is 0 Å². The van der Waals surface area contributed by atoms with Crippen LogP contribution in [0.15, 0.2) is 12.7 Å². The lowest BCUT2D eigenvalue weighted by atomic mass is 10.1. The Hall–Kier alpha value is -0.540. The van der Waals surface area contributed by atoms with Gasteiger partial charge in [0.2, 0.25) is 5.91 Å². The van der Waals surface area contributed by atoms with E-state index in [-0.39, 0.29) is 17.2 Å². The number of halogens is 1. The topological polar surface area (TPSA) is 29.5 Å². The van der Waals surface area contributed by atoms with Crippen molar-refractivity contribution in [2.24, 2.45) is 5.92 Å². The second-order valence-corrected chi connectivity index (χ2v) is 3.91. The van der Waals surface area contributed by atoms with Crippen LogP contribution in [0.1, 0.15) is 6.92 Å². The van der Waals surface area contributed by atoms with Gasteiger partial charge >= 0.3 is 0 Å². The van der Waals surface area contributed by atoms with Crippen LogP contribution in [0.2, 0.25) is 0 Å². The predicted molar refractivity (Wildman–Crippen MR) is 56.4 cm³/mol. The maximum atomic E-state index is 11.8. The highest BCUT2D eigenvalue weighted by Crippen LogP contribution is 2.15. The summed E-state index contributed by atoms with van der Waals surface area (Å²) in [5.41, 5.74) is 0. The molecule has 1 rings (SSSR count). The molecule has 14 heavy (non-hydrogen) atoms. The minimum atomic E-state index is -0.287. The Morgan fingerprint density at radius 2 is 2.14 bits per heavy atom. The number of amides is 1. The Labute approximate surface area is 89.7 Å². The molecule has 0 aromatic heterocycles. The first-order chi connectivity index (χ1) is 6.66. The van der Waals surface area contributed by atoms with Crippen molar-refractivity contribution in [2.45, 2.75) is 12.3 Å². The number of rotatable bonds is 3. The van der Waals surface area contributed by atoms with E-state index in [0.29, 0.717) is 26.3 Å². The number of hydrogen-bond donors (Lipinski definition) is 0. The van der Waals surface area contributed by atoms with Gasteiger partial charge in [0.1, 0.15) is 0 Å². The molecule has 4 heteroatoms. The Bertz CT molecular complexity index is 214. The molecule has 0 spiro atoms. The van der Waals surface area contributed by atoms with E-state index < -0.39 is 0 Å². The van der Waals surface area contributed by atoms with Crippen molar-refractivity contribution in [3.05, 3.63) is 12.7 Å². The first-order valence-electron chi connectivity index (χ1n) is 4.80. The molecule has 0 aromatic carbocycles. The summed E-state index contributed by atoms with van der Waals surface area (Å²) in [6.45, 7) is 8.00. The SMILES string of the molecule is C=C[C@@H](Cl)[C@H](C)C(=O)N1CCOCC1. The minimum Gasteiger partial charge on any atom is -0.378 e. The first kappa shape index (κ1) is 11.5. The van der Waals surface area contributed by atoms with Gasteiger partial charge in [-0.3, -0.25) is 4.79 Å². The van der Waals surface area contributed by atoms with Crippen molar-refractivity contribution < 1.29 is 9.53 Å². The Balaban J connectivity index is 2.49. The Morgan fingerprint density at radius 3 is 2.64 bits per heavy atom. The third-order valence-corrected chi connectivity index (χ3v) is 2.97. The van der Waals surface area contributed by atoms with Crippen molar-refractivity contribution >= 4 is 17.5 Å². The van der Waals surface area contributed by atoms with Crippen molar-refractivity contribution in [3.63, 3.8) is 0 Å². The molecule has 1 fully saturated rings. The summed E-state index contributed by atoms with van der Waals surface area (Å²) in [6.07, 6.45) is 1.60. The number of hydrogen-bond acceptors (Lipinski definition) is 2. The molecule has 0 aliphatic carbocycles. The van der Waals surface area contributed by atoms with E-state index in [1.807, 2.05) is 6.92 Å². The average Bonchev–Trinajstić information content (AvgIpc) is 2.27. The van der Waals surface area contributed by atoms with Gasteiger partial charge in [-0.15, -0.1) is 18.2 Å². The predicted octanol–water partition coefficient (Wildman–Crippen LogP) is 1.27. The lowest BCUT2D eigenvalue weighted by Crippen LogP contribution is -2.44. The van der Waals surface area contributed by atoms with Gasteiger partial charge < -0.3 is 9.64 Å². The number of allylic oxidation sites excluding steroid dienone is 1. The van der Waals surface area contributed by atoms with Gasteiger partial charge in [-0.2, -0.15) is 0 Å². The summed E-state index contributed by atoms with van der Waals surface area (Å²) in [5, 5.41) is -0.287. The molecule has 3 nitrogen and oxygen atoms in total. The molecule has 1 heterocycles. The summed E-state index contributed by atoms with van der Waals surface area (Å²) in [4.78, 5) is 13.6. The summed E-state index contributed by atoms with van der Waals surface area (Å²) in [6, 6.07) is 0. The molecule has 0 N–H and O–H groups in total. The van der Waals surface area contributed by atoms with Gasteiger partial charge in [-0.1, -0.05) is 13.0 Å². The fourth-order valence-electron chi connectivity index (χ4n) is 1.41. The fraction of sp³-hybridized carbons (Fsp3) is 0.700. The molecular formula is C10H16ClNO2. The van der Waals surface area contributed by atoms with Gasteiger partial charge in [-0.05, 0) is 0 Å². The van der Waals surface area contributed by atoms with Gasteiger partial charge in [0.25, 0.3) is 0 Å². The maximum absolute atomic E-state index is 11.8. The monoisotopic (exact) mass is 217 g/mol. The molecule has 0 aromatic rings. The highest BCUT2D eigenvalue weighted by Gasteiger charge is 2.25. The van der Waals surface area contributed by atoms with Gasteiger partial charge in [0.15, 0.2) is 0 Å². The Morgan fingerprint density at radius 1 is 1.57 bits per heavy atom. The van der Waals surface area contributed by atoms with Crippen LogP contribution >= 0.6 is 11.6 Å². The molecule has 2 atom stereocenters. The van der Waals surface area contributed by atoms with E-state index >= 15 is 0 Å². The van der Waals surface area contributed by atoms with E-state index in [1.165, 1.54) is 0 Å². The van der Waals surface area contributed by atoms with Gasteiger partial charge in [0, 0.05) is 13.1 Å². The largest absolute Gasteiger partial charge is 0.378 e. The van der Waals surface area contributed by atoms with Crippen LogP contribution < -0.4 is 0 Å². The molecule has 0 saturated carbocycles. The van der Waals surface area contributed by atoms with E-state index in [0.717, 1.165) is 0 Å². The summed E-state index contributed by atoms with van der Waals surface area (Å²) < 4.78 is 5.17. The van der Waals surface area contributed by atoms with Crippen LogP contribution in [-0.2, 0) is 9.53 Å². The van der Waals surface area contributed by atoms with Crippen LogP contribution in [0.3, 0.4) is 0 Å². The minimum absolute atomic E-state index is 0.0909. The van der Waals surface area contributed by atoms with Crippen molar-refractivity contribution in [1.29, 1.82) is 0 Å². The van der Waals surface area contributed by atoms with Gasteiger partial charge in [0.05, 0.1) is 24.5 Å². The Kier molecular flexibility index (Phi) is 4.42. The van der Waals surface area contributed by atoms with Crippen molar-refractivity contribution in [2.75, 3.05) is 26.3 Å². The van der Waals surface area contributed by atoms with E-state index in [9.17, 15) is 4.79 Å².